The van der Waals surface area contributed by atoms with E-state index in [0.29, 0.717) is 5.56 Å². The van der Waals surface area contributed by atoms with Gasteiger partial charge in [-0.25, -0.2) is 8.78 Å². The molecule has 0 aliphatic heterocycles. The van der Waals surface area contributed by atoms with Crippen molar-refractivity contribution in [3.63, 3.8) is 0 Å². The smallest absolute Gasteiger partial charge is 0.307 e. The minimum Gasteiger partial charge on any atom is -0.307 e. The zero-order chi connectivity index (χ0) is 11.5. The summed E-state index contributed by atoms with van der Waals surface area (Å²) >= 11 is 0. The maximum atomic E-state index is 12.4. The Morgan fingerprint density at radius 2 is 2.20 bits per heavy atom. The number of alkyl halides is 4. The Balaban J connectivity index is 2.33. The van der Waals surface area contributed by atoms with E-state index in [1.165, 1.54) is 10.9 Å². The van der Waals surface area contributed by atoms with Crippen molar-refractivity contribution in [2.45, 2.75) is 18.9 Å². The number of hydrogen-bond donors (Lipinski definition) is 1. The lowest BCUT2D eigenvalue weighted by atomic mass is 10.3. The van der Waals surface area contributed by atoms with Gasteiger partial charge in [-0.2, -0.15) is 13.9 Å². The van der Waals surface area contributed by atoms with E-state index in [9.17, 15) is 17.6 Å². The minimum atomic E-state index is -3.98. The number of rotatable bonds is 5. The third-order valence-corrected chi connectivity index (χ3v) is 1.77. The summed E-state index contributed by atoms with van der Waals surface area (Å²) in [4.78, 5) is 0. The largest absolute Gasteiger partial charge is 0.319 e. The molecule has 0 radical (unpaired) electrons. The predicted octanol–water partition coefficient (Wildman–Crippen LogP) is 1.41. The lowest BCUT2D eigenvalue weighted by Crippen LogP contribution is -2.38. The van der Waals surface area contributed by atoms with Gasteiger partial charge < -0.3 is 5.32 Å². The lowest BCUT2D eigenvalue weighted by molar-refractivity contribution is -0.125. The van der Waals surface area contributed by atoms with Gasteiger partial charge in [0.2, 0.25) is 0 Å². The van der Waals surface area contributed by atoms with Crippen LogP contribution in [0, 0.1) is 0 Å². The highest BCUT2D eigenvalue weighted by Crippen LogP contribution is 2.21. The zero-order valence-corrected chi connectivity index (χ0v) is 8.05. The highest BCUT2D eigenvalue weighted by Gasteiger charge is 2.39. The van der Waals surface area contributed by atoms with E-state index in [1.54, 1.807) is 13.2 Å². The van der Waals surface area contributed by atoms with Crippen LogP contribution in [0.4, 0.5) is 17.6 Å². The summed E-state index contributed by atoms with van der Waals surface area (Å²) in [7, 11) is 1.68. The Labute approximate surface area is 84.1 Å². The number of nitrogens with zero attached hydrogens (tertiary/aromatic N) is 2. The summed E-state index contributed by atoms with van der Waals surface area (Å²) < 4.78 is 49.8. The molecule has 86 valence electrons. The fourth-order valence-corrected chi connectivity index (χ4v) is 1.01. The summed E-state index contributed by atoms with van der Waals surface area (Å²) in [6.45, 7) is -0.949. The molecule has 0 unspecified atom stereocenters. The first-order valence-corrected chi connectivity index (χ1v) is 4.26. The van der Waals surface area contributed by atoms with Crippen LogP contribution in [0.25, 0.3) is 0 Å². The maximum Gasteiger partial charge on any atom is 0.319 e. The molecule has 0 aromatic carbocycles. The standard InChI is InChI=1S/C8H11F4N3/c1-15-4-6(3-14-15)2-13-5-8(11,12)7(9)10/h3-4,7,13H,2,5H2,1H3. The van der Waals surface area contributed by atoms with Gasteiger partial charge in [0, 0.05) is 25.4 Å². The molecule has 1 aromatic heterocycles. The van der Waals surface area contributed by atoms with Crippen LogP contribution in [-0.2, 0) is 13.6 Å². The third kappa shape index (κ3) is 3.50. The van der Waals surface area contributed by atoms with E-state index in [4.69, 9.17) is 0 Å². The second-order valence-electron chi connectivity index (χ2n) is 3.19. The maximum absolute atomic E-state index is 12.4. The Morgan fingerprint density at radius 1 is 1.53 bits per heavy atom. The molecule has 0 amide bonds. The molecule has 7 heteroatoms. The van der Waals surface area contributed by atoms with E-state index in [2.05, 4.69) is 10.4 Å². The van der Waals surface area contributed by atoms with E-state index >= 15 is 0 Å². The van der Waals surface area contributed by atoms with Gasteiger partial charge in [0.15, 0.2) is 0 Å². The Bertz CT molecular complexity index is 311. The summed E-state index contributed by atoms with van der Waals surface area (Å²) in [6, 6.07) is 0. The SMILES string of the molecule is Cn1cc(CNCC(F)(F)C(F)F)cn1. The highest BCUT2D eigenvalue weighted by atomic mass is 19.3. The van der Waals surface area contributed by atoms with Crippen LogP contribution in [0.5, 0.6) is 0 Å². The van der Waals surface area contributed by atoms with Crippen molar-refractivity contribution in [1.29, 1.82) is 0 Å². The number of halogens is 4. The van der Waals surface area contributed by atoms with Gasteiger partial charge in [0.1, 0.15) is 0 Å². The van der Waals surface area contributed by atoms with Crippen molar-refractivity contribution in [2.75, 3.05) is 6.54 Å². The molecule has 0 saturated heterocycles. The van der Waals surface area contributed by atoms with Crippen molar-refractivity contribution in [2.24, 2.45) is 7.05 Å². The van der Waals surface area contributed by atoms with E-state index < -0.39 is 18.9 Å². The quantitative estimate of drug-likeness (QED) is 0.768. The van der Waals surface area contributed by atoms with Gasteiger partial charge in [-0.05, 0) is 0 Å². The molecule has 15 heavy (non-hydrogen) atoms. The summed E-state index contributed by atoms with van der Waals surface area (Å²) in [5.74, 6) is -3.98. The number of aromatic nitrogens is 2. The number of nitrogens with one attached hydrogen (secondary N) is 1. The van der Waals surface area contributed by atoms with Gasteiger partial charge in [-0.1, -0.05) is 0 Å². The van der Waals surface area contributed by atoms with Crippen molar-refractivity contribution >= 4 is 0 Å². The molecule has 0 aliphatic rings. The molecule has 1 heterocycles. The van der Waals surface area contributed by atoms with Crippen LogP contribution in [0.15, 0.2) is 12.4 Å². The van der Waals surface area contributed by atoms with Gasteiger partial charge in [0.25, 0.3) is 0 Å². The van der Waals surface area contributed by atoms with Crippen LogP contribution >= 0.6 is 0 Å². The molecule has 0 atom stereocenters. The fourth-order valence-electron chi connectivity index (χ4n) is 1.01. The number of aryl methyl sites for hydroxylation is 1. The normalized spacial score (nSPS) is 12.4. The van der Waals surface area contributed by atoms with Gasteiger partial charge >= 0.3 is 12.3 Å². The van der Waals surface area contributed by atoms with Crippen LogP contribution in [0.3, 0.4) is 0 Å². The minimum absolute atomic E-state index is 0.0934. The van der Waals surface area contributed by atoms with Gasteiger partial charge in [0.05, 0.1) is 12.7 Å². The summed E-state index contributed by atoms with van der Waals surface area (Å²) in [6.07, 6.45) is -0.542. The van der Waals surface area contributed by atoms with Gasteiger partial charge in [-0.15, -0.1) is 0 Å². The van der Waals surface area contributed by atoms with Crippen molar-refractivity contribution in [3.8, 4) is 0 Å². The summed E-state index contributed by atoms with van der Waals surface area (Å²) in [5, 5.41) is 6.06. The first-order chi connectivity index (χ1) is 6.92. The first kappa shape index (κ1) is 12.0. The Kier molecular flexibility index (Phi) is 3.67. The number of hydrogen-bond acceptors (Lipinski definition) is 2. The van der Waals surface area contributed by atoms with Crippen molar-refractivity contribution in [1.82, 2.24) is 15.1 Å². The first-order valence-electron chi connectivity index (χ1n) is 4.26. The molecule has 3 nitrogen and oxygen atoms in total. The molecule has 0 aliphatic carbocycles. The van der Waals surface area contributed by atoms with E-state index in [0.717, 1.165) is 0 Å². The van der Waals surface area contributed by atoms with E-state index in [1.807, 2.05) is 0 Å². The molecule has 1 N–H and O–H groups in total. The molecule has 0 fully saturated rings. The van der Waals surface area contributed by atoms with Crippen LogP contribution in [0.2, 0.25) is 0 Å². The third-order valence-electron chi connectivity index (χ3n) is 1.77. The summed E-state index contributed by atoms with van der Waals surface area (Å²) in [5.41, 5.74) is 0.669. The lowest BCUT2D eigenvalue weighted by Gasteiger charge is -2.15. The Hall–Kier alpha value is -1.11. The molecule has 1 aromatic rings. The Morgan fingerprint density at radius 3 is 2.67 bits per heavy atom. The zero-order valence-electron chi connectivity index (χ0n) is 8.05. The van der Waals surface area contributed by atoms with Crippen molar-refractivity contribution < 1.29 is 17.6 Å². The molecule has 1 rings (SSSR count). The van der Waals surface area contributed by atoms with Crippen LogP contribution in [-0.4, -0.2) is 28.7 Å². The second kappa shape index (κ2) is 4.61. The topological polar surface area (TPSA) is 29.9 Å². The van der Waals surface area contributed by atoms with Gasteiger partial charge in [-0.3, -0.25) is 4.68 Å². The molecular weight excluding hydrogens is 214 g/mol. The van der Waals surface area contributed by atoms with Crippen molar-refractivity contribution in [3.05, 3.63) is 18.0 Å². The average molecular weight is 225 g/mol. The predicted molar refractivity (Wildman–Crippen MR) is 45.9 cm³/mol. The average Bonchev–Trinajstić information content (AvgIpc) is 2.51. The van der Waals surface area contributed by atoms with Crippen LogP contribution < -0.4 is 5.32 Å². The second-order valence-corrected chi connectivity index (χ2v) is 3.19. The molecular formula is C8H11F4N3. The monoisotopic (exact) mass is 225 g/mol. The van der Waals surface area contributed by atoms with E-state index in [-0.39, 0.29) is 6.54 Å². The highest BCUT2D eigenvalue weighted by molar-refractivity contribution is 5.02. The molecule has 0 saturated carbocycles. The fraction of sp³-hybridized carbons (Fsp3) is 0.625. The molecule has 0 bridgehead atoms. The molecule has 0 spiro atoms. The van der Waals surface area contributed by atoms with Crippen LogP contribution in [0.1, 0.15) is 5.56 Å².